The van der Waals surface area contributed by atoms with Crippen LogP contribution in [0.1, 0.15) is 50.6 Å². The van der Waals surface area contributed by atoms with Gasteiger partial charge in [-0.1, -0.05) is 0 Å². The molecular weight excluding hydrogens is 1180 g/mol. The number of aliphatic hydroxyl groups excluding tert-OH is 2. The second-order valence-electron chi connectivity index (χ2n) is 18.4. The molecule has 4 aliphatic rings. The molecule has 15 unspecified atom stereocenters. The molecule has 0 spiro atoms. The van der Waals surface area contributed by atoms with Crippen LogP contribution in [0, 0.1) is 0 Å². The smallest absolute Gasteiger partial charge is 0.351 e. The Balaban J connectivity index is 0.789. The molecule has 0 bridgehead atoms. The summed E-state index contributed by atoms with van der Waals surface area (Å²) in [6, 6.07) is 1.39. The number of H-pyrrole nitrogens is 1. The van der Waals surface area contributed by atoms with Crippen molar-refractivity contribution in [3.63, 3.8) is 0 Å². The van der Waals surface area contributed by atoms with E-state index in [0.29, 0.717) is 11.2 Å². The normalized spacial score (nSPS) is 29.4. The summed E-state index contributed by atoms with van der Waals surface area (Å²) in [6.45, 7) is -15.0. The van der Waals surface area contributed by atoms with Crippen molar-refractivity contribution in [1.82, 2.24) is 68.1 Å². The van der Waals surface area contributed by atoms with Crippen LogP contribution in [0.5, 0.6) is 0 Å². The van der Waals surface area contributed by atoms with Gasteiger partial charge in [0, 0.05) is 31.9 Å². The number of aromatic nitrogens is 14. The molecule has 4 aliphatic heterocycles. The van der Waals surface area contributed by atoms with Crippen LogP contribution in [-0.2, 0) is 81.5 Å². The number of rotatable bonds is 20. The van der Waals surface area contributed by atoms with E-state index in [2.05, 4.69) is 49.8 Å². The fraction of sp³-hybridized carbons (Fsp3) is 0.513. The lowest BCUT2D eigenvalue weighted by molar-refractivity contribution is -0.0554. The highest BCUT2D eigenvalue weighted by atomic mass is 32.5. The van der Waals surface area contributed by atoms with Crippen LogP contribution in [0.15, 0.2) is 53.5 Å². The molecule has 0 aromatic carbocycles. The summed E-state index contributed by atoms with van der Waals surface area (Å²) in [7, 11) is 0. The zero-order valence-electron chi connectivity index (χ0n) is 41.0. The topological polar surface area (TPSA) is 483 Å². The highest BCUT2D eigenvalue weighted by molar-refractivity contribution is 8.07. The minimum Gasteiger partial charge on any atom is -0.394 e. The van der Waals surface area contributed by atoms with Crippen molar-refractivity contribution in [3.8, 4) is 0 Å². The molecule has 4 saturated heterocycles. The number of nitrogens with zero attached hydrogens (tertiary/aromatic N) is 13. The number of anilines is 4. The van der Waals surface area contributed by atoms with Gasteiger partial charge in [-0.3, -0.25) is 28.0 Å². The van der Waals surface area contributed by atoms with E-state index < -0.39 is 132 Å². The number of hydrogen-bond donors (Lipinski definition) is 10. The standard InChI is InChI=1S/C39H49N18O17P3S3/c40-24-1-2-54(39(61)51-24)25-3-16(59)21(69-25)8-65-75(62,78)73-18-5-27(56-14-49-30-33(42)45-12-47-35(30)56)70-22(18)9-67-77(64,80)74-19-6-28(57-15-50-31-36(57)52-38(43)53-37(31)60)71-23(19)10-66-76(63,79)72-17-4-26(68-20(17)7-58)55-13-48-29-32(41)44-11-46-34(29)55/h1-2,11-23,25-28,58-59H,3-10H2,(H,62,78)(H,63,79)(H,64,80)(H2,40,51,61)(H2,41,44,46)(H2,42,45,47)(H3,43,52,53,60). The molecule has 430 valence electrons. The van der Waals surface area contributed by atoms with Crippen molar-refractivity contribution in [2.75, 3.05) is 49.4 Å². The number of nitrogens with one attached hydrogen (secondary N) is 1. The quantitative estimate of drug-likeness (QED) is 0.0398. The van der Waals surface area contributed by atoms with Gasteiger partial charge in [0.1, 0.15) is 78.8 Å². The molecule has 4 fully saturated rings. The first-order chi connectivity index (χ1) is 38.1. The van der Waals surface area contributed by atoms with Gasteiger partial charge in [-0.2, -0.15) is 9.97 Å². The second-order valence-corrected chi connectivity index (χ2v) is 26.8. The number of imidazole rings is 3. The number of nitrogens with two attached hydrogens (primary N) is 4. The number of aromatic amines is 1. The summed E-state index contributed by atoms with van der Waals surface area (Å²) >= 11 is 16.5. The predicted octanol–water partition coefficient (Wildman–Crippen LogP) is -1.26. The van der Waals surface area contributed by atoms with Crippen molar-refractivity contribution < 1.29 is 71.0 Å². The summed E-state index contributed by atoms with van der Waals surface area (Å²) in [5, 5.41) is 21.1. The first-order valence-electron chi connectivity index (χ1n) is 23.9. The number of aliphatic hydroxyl groups is 2. The number of fused-ring (bicyclic) bond motifs is 3. The summed E-state index contributed by atoms with van der Waals surface area (Å²) in [6.07, 6.45) is -4.88. The summed E-state index contributed by atoms with van der Waals surface area (Å²) in [5.74, 6) is 0.0148. The van der Waals surface area contributed by atoms with E-state index >= 15 is 0 Å². The molecule has 35 nitrogen and oxygen atoms in total. The molecular formula is C39H49N18O17P3S3. The zero-order valence-corrected chi connectivity index (χ0v) is 46.1. The molecule has 14 N–H and O–H groups in total. The van der Waals surface area contributed by atoms with Crippen LogP contribution >= 0.6 is 20.2 Å². The van der Waals surface area contributed by atoms with Crippen LogP contribution in [0.2, 0.25) is 0 Å². The molecule has 11 heterocycles. The van der Waals surface area contributed by atoms with Crippen molar-refractivity contribution in [3.05, 3.63) is 64.7 Å². The van der Waals surface area contributed by atoms with Crippen molar-refractivity contribution in [1.29, 1.82) is 0 Å². The maximum Gasteiger partial charge on any atom is 0.351 e. The Morgan fingerprint density at radius 3 is 1.52 bits per heavy atom. The van der Waals surface area contributed by atoms with Gasteiger partial charge in [0.05, 0.1) is 69.8 Å². The van der Waals surface area contributed by atoms with Crippen LogP contribution < -0.4 is 34.2 Å². The number of nitrogen functional groups attached to an aromatic ring is 4. The first kappa shape index (κ1) is 56.7. The molecule has 0 aliphatic carbocycles. The van der Waals surface area contributed by atoms with E-state index in [-0.39, 0.29) is 71.4 Å². The van der Waals surface area contributed by atoms with Crippen LogP contribution in [0.25, 0.3) is 33.5 Å². The van der Waals surface area contributed by atoms with Gasteiger partial charge < -0.3 is 93.9 Å². The molecule has 7 aromatic rings. The van der Waals surface area contributed by atoms with Crippen LogP contribution in [0.3, 0.4) is 0 Å². The molecule has 11 rings (SSSR count). The SMILES string of the molecule is Nc1ccn(C2CC(O)C(COP(O)(=S)OC3CC(n4cnc5c(N)ncnc54)OC3COP(O)(=S)OC3CC(n4cnc5c(=O)[nH]c(N)nc54)OC3COP(O)(=S)OC3CC(n4cnc5c(N)ncnc54)OC3CO)O2)c(=O)n1. The summed E-state index contributed by atoms with van der Waals surface area (Å²) < 4.78 is 65.9. The molecule has 0 radical (unpaired) electrons. The summed E-state index contributed by atoms with van der Waals surface area (Å²) in [4.78, 5) is 99.5. The lowest BCUT2D eigenvalue weighted by atomic mass is 10.2. The highest BCUT2D eigenvalue weighted by Crippen LogP contribution is 2.54. The lowest BCUT2D eigenvalue weighted by Crippen LogP contribution is -2.31. The maximum absolute atomic E-state index is 12.7. The van der Waals surface area contributed by atoms with Crippen LogP contribution in [-0.4, -0.2) is 168 Å². The lowest BCUT2D eigenvalue weighted by Gasteiger charge is -2.28. The fourth-order valence-corrected chi connectivity index (χ4v) is 13.9. The van der Waals surface area contributed by atoms with Gasteiger partial charge in [0.25, 0.3) is 5.56 Å². The largest absolute Gasteiger partial charge is 0.394 e. The van der Waals surface area contributed by atoms with E-state index in [1.807, 2.05) is 0 Å². The third-order valence-corrected chi connectivity index (χ3v) is 18.0. The van der Waals surface area contributed by atoms with Crippen molar-refractivity contribution >= 4 is 112 Å². The first-order valence-corrected chi connectivity index (χ1v) is 31.7. The minimum absolute atomic E-state index is 0.00188. The minimum atomic E-state index is -4.41. The van der Waals surface area contributed by atoms with E-state index in [4.69, 9.17) is 104 Å². The van der Waals surface area contributed by atoms with Crippen molar-refractivity contribution in [2.24, 2.45) is 0 Å². The predicted molar refractivity (Wildman–Crippen MR) is 284 cm³/mol. The Morgan fingerprint density at radius 1 is 0.588 bits per heavy atom. The van der Waals surface area contributed by atoms with Gasteiger partial charge >= 0.3 is 25.8 Å². The van der Waals surface area contributed by atoms with E-state index in [0.717, 1.165) is 4.57 Å². The Bertz CT molecular complexity index is 3730. The van der Waals surface area contributed by atoms with Gasteiger partial charge in [-0.05, 0) is 41.5 Å². The average Bonchev–Trinajstić information content (AvgIpc) is 4.29. The maximum atomic E-state index is 12.7. The Hall–Kier alpha value is -5.12. The Kier molecular flexibility index (Phi) is 16.0. The van der Waals surface area contributed by atoms with Gasteiger partial charge in [0.15, 0.2) is 34.1 Å². The summed E-state index contributed by atoms with van der Waals surface area (Å²) in [5.41, 5.74) is 23.4. The monoisotopic (exact) mass is 1230 g/mol. The van der Waals surface area contributed by atoms with E-state index in [1.165, 1.54) is 53.0 Å². The number of hydrogen-bond acceptors (Lipinski definition) is 30. The molecule has 0 amide bonds. The zero-order chi connectivity index (χ0) is 56.4. The highest BCUT2D eigenvalue weighted by Gasteiger charge is 2.47. The van der Waals surface area contributed by atoms with Crippen molar-refractivity contribution in [2.45, 2.75) is 99.4 Å². The fourth-order valence-electron chi connectivity index (χ4n) is 9.51. The van der Waals surface area contributed by atoms with Crippen LogP contribution in [0.4, 0.5) is 23.4 Å². The third kappa shape index (κ3) is 11.9. The second kappa shape index (κ2) is 22.6. The molecule has 7 aromatic heterocycles. The van der Waals surface area contributed by atoms with E-state index in [9.17, 15) is 34.5 Å². The molecule has 80 heavy (non-hydrogen) atoms. The molecule has 0 saturated carbocycles. The Labute approximate surface area is 463 Å². The van der Waals surface area contributed by atoms with Gasteiger partial charge in [-0.25, -0.2) is 39.7 Å². The molecule has 15 atom stereocenters. The van der Waals surface area contributed by atoms with Gasteiger partial charge in [0.2, 0.25) is 5.95 Å². The third-order valence-electron chi connectivity index (χ3n) is 13.3. The molecule has 41 heteroatoms. The Morgan fingerprint density at radius 2 is 1.02 bits per heavy atom. The average molecular weight is 1230 g/mol. The number of ether oxygens (including phenoxy) is 4. The van der Waals surface area contributed by atoms with E-state index in [1.54, 1.807) is 4.57 Å². The van der Waals surface area contributed by atoms with Gasteiger partial charge in [-0.15, -0.1) is 0 Å².